The molecule has 0 saturated heterocycles. The van der Waals surface area contributed by atoms with E-state index in [4.69, 9.17) is 4.74 Å². The van der Waals surface area contributed by atoms with Gasteiger partial charge in [0.1, 0.15) is 5.75 Å². The van der Waals surface area contributed by atoms with Gasteiger partial charge in [0.25, 0.3) is 5.91 Å². The van der Waals surface area contributed by atoms with Crippen LogP contribution in [0.5, 0.6) is 5.75 Å². The fourth-order valence-electron chi connectivity index (χ4n) is 2.05. The van der Waals surface area contributed by atoms with E-state index in [2.05, 4.69) is 31.2 Å². The number of ether oxygens (including phenoxy) is 1. The van der Waals surface area contributed by atoms with Crippen LogP contribution in [-0.4, -0.2) is 22.0 Å². The number of aromatic nitrogens is 2. The predicted octanol–water partition coefficient (Wildman–Crippen LogP) is 2.93. The summed E-state index contributed by atoms with van der Waals surface area (Å²) in [6, 6.07) is 7.50. The van der Waals surface area contributed by atoms with Crippen LogP contribution in [0.3, 0.4) is 0 Å². The Labute approximate surface area is 124 Å². The summed E-state index contributed by atoms with van der Waals surface area (Å²) in [5, 5.41) is 2.83. The number of carbonyl (C=O) groups excluding carboxylic acids is 1. The molecule has 2 aromatic rings. The molecule has 0 bridgehead atoms. The minimum Gasteiger partial charge on any atom is -0.479 e. The van der Waals surface area contributed by atoms with Crippen molar-refractivity contribution in [2.75, 3.05) is 5.32 Å². The first-order valence-corrected chi connectivity index (χ1v) is 6.95. The number of aryl methyl sites for hydroxylation is 1. The van der Waals surface area contributed by atoms with E-state index in [1.165, 1.54) is 0 Å². The summed E-state index contributed by atoms with van der Waals surface area (Å²) in [7, 11) is 0. The molecule has 0 fully saturated rings. The molecule has 1 aliphatic heterocycles. The normalized spacial score (nSPS) is 17.1. The van der Waals surface area contributed by atoms with Crippen LogP contribution in [0.4, 0.5) is 5.69 Å². The predicted molar refractivity (Wildman–Crippen MR) is 78.6 cm³/mol. The first-order valence-electron chi connectivity index (χ1n) is 6.16. The van der Waals surface area contributed by atoms with E-state index in [0.717, 1.165) is 17.0 Å². The Hall–Kier alpha value is -1.95. The van der Waals surface area contributed by atoms with Crippen molar-refractivity contribution in [2.45, 2.75) is 20.0 Å². The summed E-state index contributed by atoms with van der Waals surface area (Å²) >= 11 is 3.29. The van der Waals surface area contributed by atoms with Gasteiger partial charge in [-0.25, -0.2) is 9.97 Å². The summed E-state index contributed by atoms with van der Waals surface area (Å²) in [5.74, 6) is 0.528. The molecular formula is C14H12BrN3O2. The summed E-state index contributed by atoms with van der Waals surface area (Å²) in [6.07, 6.45) is -0.469. The lowest BCUT2D eigenvalue weighted by atomic mass is 10.1. The molecule has 20 heavy (non-hydrogen) atoms. The van der Waals surface area contributed by atoms with Gasteiger partial charge >= 0.3 is 0 Å². The van der Waals surface area contributed by atoms with Crippen LogP contribution in [0.25, 0.3) is 11.3 Å². The van der Waals surface area contributed by atoms with Gasteiger partial charge in [-0.1, -0.05) is 0 Å². The molecule has 0 aliphatic carbocycles. The zero-order valence-electron chi connectivity index (χ0n) is 11.0. The van der Waals surface area contributed by atoms with Crippen molar-refractivity contribution in [1.29, 1.82) is 0 Å². The zero-order chi connectivity index (χ0) is 14.3. The van der Waals surface area contributed by atoms with Gasteiger partial charge in [-0.15, -0.1) is 0 Å². The maximum Gasteiger partial charge on any atom is 0.265 e. The molecule has 1 aromatic carbocycles. The average molecular weight is 334 g/mol. The van der Waals surface area contributed by atoms with Crippen LogP contribution in [0.15, 0.2) is 29.0 Å². The van der Waals surface area contributed by atoms with Gasteiger partial charge < -0.3 is 10.1 Å². The number of benzene rings is 1. The molecule has 5 nitrogen and oxygen atoms in total. The molecule has 1 unspecified atom stereocenters. The molecule has 2 heterocycles. The molecule has 0 spiro atoms. The van der Waals surface area contributed by atoms with Crippen molar-refractivity contribution < 1.29 is 9.53 Å². The van der Waals surface area contributed by atoms with Gasteiger partial charge in [0, 0.05) is 11.3 Å². The Morgan fingerprint density at radius 1 is 1.30 bits per heavy atom. The lowest BCUT2D eigenvalue weighted by Gasteiger charge is -2.23. The molecule has 6 heteroatoms. The SMILES string of the molecule is Cc1cc(-c2ccc3c(c2)NC(=O)C(C)O3)nc(Br)n1. The van der Waals surface area contributed by atoms with Crippen LogP contribution in [0.2, 0.25) is 0 Å². The van der Waals surface area contributed by atoms with Crippen molar-refractivity contribution in [2.24, 2.45) is 0 Å². The Balaban J connectivity index is 2.04. The van der Waals surface area contributed by atoms with Crippen LogP contribution in [0, 0.1) is 6.92 Å². The number of hydrogen-bond acceptors (Lipinski definition) is 4. The number of hydrogen-bond donors (Lipinski definition) is 1. The second-order valence-electron chi connectivity index (χ2n) is 4.62. The zero-order valence-corrected chi connectivity index (χ0v) is 12.6. The highest BCUT2D eigenvalue weighted by Crippen LogP contribution is 2.33. The standard InChI is InChI=1S/C14H12BrN3O2/c1-7-5-10(18-14(15)16-7)9-3-4-12-11(6-9)17-13(19)8(2)20-12/h3-6,8H,1-2H3,(H,17,19). The molecular weight excluding hydrogens is 322 g/mol. The second kappa shape index (κ2) is 4.86. The van der Waals surface area contributed by atoms with E-state index >= 15 is 0 Å². The van der Waals surface area contributed by atoms with Crippen LogP contribution in [0.1, 0.15) is 12.6 Å². The fourth-order valence-corrected chi connectivity index (χ4v) is 2.52. The third-order valence-electron chi connectivity index (χ3n) is 3.03. The topological polar surface area (TPSA) is 64.1 Å². The Kier molecular flexibility index (Phi) is 3.17. The fraction of sp³-hybridized carbons (Fsp3) is 0.214. The maximum atomic E-state index is 11.6. The average Bonchev–Trinajstić information content (AvgIpc) is 2.38. The number of anilines is 1. The molecule has 102 valence electrons. The van der Waals surface area contributed by atoms with Crippen molar-refractivity contribution in [3.05, 3.63) is 34.7 Å². The maximum absolute atomic E-state index is 11.6. The van der Waals surface area contributed by atoms with Gasteiger partial charge in [-0.05, 0) is 54.0 Å². The molecule has 0 saturated carbocycles. The van der Waals surface area contributed by atoms with E-state index in [9.17, 15) is 4.79 Å². The number of fused-ring (bicyclic) bond motifs is 1. The quantitative estimate of drug-likeness (QED) is 0.815. The van der Waals surface area contributed by atoms with Crippen molar-refractivity contribution in [1.82, 2.24) is 9.97 Å². The largest absolute Gasteiger partial charge is 0.479 e. The Morgan fingerprint density at radius 3 is 2.85 bits per heavy atom. The number of nitrogens with zero attached hydrogens (tertiary/aromatic N) is 2. The van der Waals surface area contributed by atoms with E-state index in [-0.39, 0.29) is 5.91 Å². The lowest BCUT2D eigenvalue weighted by Crippen LogP contribution is -2.34. The molecule has 1 aliphatic rings. The number of carbonyl (C=O) groups is 1. The van der Waals surface area contributed by atoms with Gasteiger partial charge in [-0.3, -0.25) is 4.79 Å². The van der Waals surface area contributed by atoms with Gasteiger partial charge in [0.15, 0.2) is 10.8 Å². The lowest BCUT2D eigenvalue weighted by molar-refractivity contribution is -0.122. The van der Waals surface area contributed by atoms with E-state index in [1.54, 1.807) is 6.92 Å². The molecule has 0 radical (unpaired) electrons. The minimum absolute atomic E-state index is 0.144. The monoisotopic (exact) mass is 333 g/mol. The number of rotatable bonds is 1. The smallest absolute Gasteiger partial charge is 0.265 e. The molecule has 1 atom stereocenters. The molecule has 1 aromatic heterocycles. The minimum atomic E-state index is -0.469. The van der Waals surface area contributed by atoms with Gasteiger partial charge in [-0.2, -0.15) is 0 Å². The first kappa shape index (κ1) is 13.1. The highest BCUT2D eigenvalue weighted by Gasteiger charge is 2.23. The Bertz CT molecular complexity index is 683. The van der Waals surface area contributed by atoms with E-state index < -0.39 is 6.10 Å². The number of halogens is 1. The van der Waals surface area contributed by atoms with E-state index in [0.29, 0.717) is 16.2 Å². The van der Waals surface area contributed by atoms with Gasteiger partial charge in [0.2, 0.25) is 0 Å². The summed E-state index contributed by atoms with van der Waals surface area (Å²) in [4.78, 5) is 20.2. The number of amides is 1. The van der Waals surface area contributed by atoms with Crippen molar-refractivity contribution in [3.63, 3.8) is 0 Å². The van der Waals surface area contributed by atoms with Crippen molar-refractivity contribution >= 4 is 27.5 Å². The number of nitrogens with one attached hydrogen (secondary N) is 1. The third kappa shape index (κ3) is 2.38. The van der Waals surface area contributed by atoms with Crippen LogP contribution >= 0.6 is 15.9 Å². The summed E-state index contributed by atoms with van der Waals surface area (Å²) in [5.41, 5.74) is 3.22. The summed E-state index contributed by atoms with van der Waals surface area (Å²) < 4.78 is 6.07. The Morgan fingerprint density at radius 2 is 2.10 bits per heavy atom. The highest BCUT2D eigenvalue weighted by atomic mass is 79.9. The molecule has 1 N–H and O–H groups in total. The third-order valence-corrected chi connectivity index (χ3v) is 3.39. The van der Waals surface area contributed by atoms with Crippen LogP contribution in [-0.2, 0) is 4.79 Å². The van der Waals surface area contributed by atoms with E-state index in [1.807, 2.05) is 31.2 Å². The van der Waals surface area contributed by atoms with Crippen LogP contribution < -0.4 is 10.1 Å². The second-order valence-corrected chi connectivity index (χ2v) is 5.33. The highest BCUT2D eigenvalue weighted by molar-refractivity contribution is 9.10. The van der Waals surface area contributed by atoms with Gasteiger partial charge in [0.05, 0.1) is 11.4 Å². The first-order chi connectivity index (χ1) is 9.52. The summed E-state index contributed by atoms with van der Waals surface area (Å²) in [6.45, 7) is 3.62. The van der Waals surface area contributed by atoms with Crippen molar-refractivity contribution in [3.8, 4) is 17.0 Å². The molecule has 1 amide bonds. The molecule has 3 rings (SSSR count).